The van der Waals surface area contributed by atoms with Crippen LogP contribution < -0.4 is 10.6 Å². The van der Waals surface area contributed by atoms with Crippen LogP contribution in [0.2, 0.25) is 0 Å². The summed E-state index contributed by atoms with van der Waals surface area (Å²) in [5, 5.41) is 17.0. The molecule has 1 saturated heterocycles. The fourth-order valence-electron chi connectivity index (χ4n) is 4.70. The molecule has 1 fully saturated rings. The molecule has 0 bridgehead atoms. The summed E-state index contributed by atoms with van der Waals surface area (Å²) in [4.78, 5) is 19.7. The maximum absolute atomic E-state index is 13.1. The second kappa shape index (κ2) is 8.74. The Bertz CT molecular complexity index is 1530. The molecular formula is C24H24N6O3S2. The van der Waals surface area contributed by atoms with Crippen molar-refractivity contribution in [3.05, 3.63) is 58.2 Å². The number of thiazole rings is 1. The van der Waals surface area contributed by atoms with Gasteiger partial charge in [0, 0.05) is 36.1 Å². The summed E-state index contributed by atoms with van der Waals surface area (Å²) in [5.74, 6) is 0.0562. The minimum atomic E-state index is -2.93. The van der Waals surface area contributed by atoms with Crippen molar-refractivity contribution in [2.24, 2.45) is 0 Å². The summed E-state index contributed by atoms with van der Waals surface area (Å²) in [5.41, 5.74) is 6.45. The molecular weight excluding hydrogens is 484 g/mol. The van der Waals surface area contributed by atoms with Crippen molar-refractivity contribution in [1.29, 1.82) is 0 Å². The number of amides is 1. The lowest BCUT2D eigenvalue weighted by Gasteiger charge is -2.25. The van der Waals surface area contributed by atoms with Crippen LogP contribution in [0, 0.1) is 0 Å². The molecule has 0 atom stereocenters. The number of fused-ring (bicyclic) bond motifs is 2. The molecule has 0 unspecified atom stereocenters. The zero-order valence-electron chi connectivity index (χ0n) is 18.9. The average Bonchev–Trinajstić information content (AvgIpc) is 3.60. The summed E-state index contributed by atoms with van der Waals surface area (Å²) in [6, 6.07) is 10.3. The van der Waals surface area contributed by atoms with Crippen molar-refractivity contribution in [2.75, 3.05) is 41.8 Å². The zero-order chi connectivity index (χ0) is 24.0. The monoisotopic (exact) mass is 508 g/mol. The van der Waals surface area contributed by atoms with Crippen molar-refractivity contribution in [1.82, 2.24) is 20.1 Å². The van der Waals surface area contributed by atoms with Crippen molar-refractivity contribution in [3.63, 3.8) is 0 Å². The molecule has 0 spiro atoms. The first-order valence-electron chi connectivity index (χ1n) is 11.5. The molecule has 180 valence electrons. The predicted molar refractivity (Wildman–Crippen MR) is 138 cm³/mol. The van der Waals surface area contributed by atoms with Crippen LogP contribution in [0.25, 0.3) is 22.0 Å². The highest BCUT2D eigenvalue weighted by atomic mass is 32.2. The predicted octanol–water partition coefficient (Wildman–Crippen LogP) is 3.14. The van der Waals surface area contributed by atoms with Crippen molar-refractivity contribution < 1.29 is 13.2 Å². The van der Waals surface area contributed by atoms with E-state index in [1.807, 2.05) is 12.1 Å². The molecule has 4 heterocycles. The molecule has 0 saturated carbocycles. The lowest BCUT2D eigenvalue weighted by atomic mass is 9.96. The van der Waals surface area contributed by atoms with Gasteiger partial charge in [0.15, 0.2) is 9.84 Å². The number of hydrogen-bond acceptors (Lipinski definition) is 8. The average molecular weight is 509 g/mol. The van der Waals surface area contributed by atoms with E-state index in [9.17, 15) is 13.2 Å². The number of aromatic nitrogens is 3. The van der Waals surface area contributed by atoms with Crippen LogP contribution in [-0.2, 0) is 22.8 Å². The molecule has 3 N–H and O–H groups in total. The van der Waals surface area contributed by atoms with Crippen LogP contribution in [0.3, 0.4) is 0 Å². The highest BCUT2D eigenvalue weighted by molar-refractivity contribution is 7.91. The van der Waals surface area contributed by atoms with Gasteiger partial charge in [-0.2, -0.15) is 5.10 Å². The number of rotatable bonds is 5. The van der Waals surface area contributed by atoms with Crippen molar-refractivity contribution >= 4 is 49.4 Å². The Hall–Kier alpha value is -3.28. The van der Waals surface area contributed by atoms with Gasteiger partial charge in [-0.1, -0.05) is 12.1 Å². The minimum absolute atomic E-state index is 0.170. The Kier molecular flexibility index (Phi) is 5.54. The third kappa shape index (κ3) is 4.42. The summed E-state index contributed by atoms with van der Waals surface area (Å²) < 4.78 is 23.3. The third-order valence-corrected chi connectivity index (χ3v) is 9.01. The summed E-state index contributed by atoms with van der Waals surface area (Å²) >= 11 is 1.41. The Balaban J connectivity index is 1.24. The van der Waals surface area contributed by atoms with Crippen LogP contribution in [0.1, 0.15) is 21.1 Å². The highest BCUT2D eigenvalue weighted by Crippen LogP contribution is 2.36. The van der Waals surface area contributed by atoms with Crippen LogP contribution in [0.4, 0.5) is 11.4 Å². The van der Waals surface area contributed by atoms with E-state index in [1.54, 1.807) is 11.6 Å². The van der Waals surface area contributed by atoms with Gasteiger partial charge in [0.2, 0.25) is 0 Å². The molecule has 0 aliphatic carbocycles. The first kappa shape index (κ1) is 22.2. The highest BCUT2D eigenvalue weighted by Gasteiger charge is 2.23. The van der Waals surface area contributed by atoms with E-state index in [0.29, 0.717) is 31.0 Å². The number of sulfone groups is 1. The maximum Gasteiger partial charge on any atom is 0.275 e. The van der Waals surface area contributed by atoms with Crippen LogP contribution in [0.15, 0.2) is 41.9 Å². The number of hydrogen-bond donors (Lipinski definition) is 3. The van der Waals surface area contributed by atoms with Gasteiger partial charge < -0.3 is 10.6 Å². The first-order chi connectivity index (χ1) is 16.9. The topological polar surface area (TPSA) is 120 Å². The van der Waals surface area contributed by atoms with Gasteiger partial charge in [0.05, 0.1) is 35.5 Å². The summed E-state index contributed by atoms with van der Waals surface area (Å²) in [7, 11) is -2.93. The SMILES string of the molecule is O=C(Nc1cc(-c2cccc3c2CCN3)cc2[nH]ncc12)c1csc(CN2CCS(=O)(=O)CC2)n1. The van der Waals surface area contributed by atoms with Crippen LogP contribution in [0.5, 0.6) is 0 Å². The van der Waals surface area contributed by atoms with Gasteiger partial charge in [-0.05, 0) is 41.3 Å². The number of anilines is 2. The Morgan fingerprint density at radius 1 is 1.20 bits per heavy atom. The van der Waals surface area contributed by atoms with Gasteiger partial charge in [-0.3, -0.25) is 14.8 Å². The Labute approximate surface area is 206 Å². The van der Waals surface area contributed by atoms with Crippen molar-refractivity contribution in [2.45, 2.75) is 13.0 Å². The molecule has 0 radical (unpaired) electrons. The molecule has 11 heteroatoms. The van der Waals surface area contributed by atoms with E-state index in [0.717, 1.165) is 45.7 Å². The summed E-state index contributed by atoms with van der Waals surface area (Å²) in [6.07, 6.45) is 2.67. The van der Waals surface area contributed by atoms with E-state index in [2.05, 4.69) is 48.9 Å². The quantitative estimate of drug-likeness (QED) is 0.379. The first-order valence-corrected chi connectivity index (χ1v) is 14.2. The fraction of sp³-hybridized carbons (Fsp3) is 0.292. The smallest absolute Gasteiger partial charge is 0.275 e. The number of benzene rings is 2. The molecule has 2 aliphatic rings. The number of carbonyl (C=O) groups is 1. The zero-order valence-corrected chi connectivity index (χ0v) is 20.5. The number of nitrogens with one attached hydrogen (secondary N) is 3. The van der Waals surface area contributed by atoms with E-state index >= 15 is 0 Å². The molecule has 2 aliphatic heterocycles. The van der Waals surface area contributed by atoms with Gasteiger partial charge in [-0.15, -0.1) is 11.3 Å². The lowest BCUT2D eigenvalue weighted by Crippen LogP contribution is -2.39. The lowest BCUT2D eigenvalue weighted by molar-refractivity contribution is 0.102. The fourth-order valence-corrected chi connectivity index (χ4v) is 6.79. The normalized spacial score (nSPS) is 17.3. The van der Waals surface area contributed by atoms with E-state index in [4.69, 9.17) is 0 Å². The Morgan fingerprint density at radius 3 is 2.91 bits per heavy atom. The van der Waals surface area contributed by atoms with E-state index in [-0.39, 0.29) is 17.4 Å². The number of aromatic amines is 1. The van der Waals surface area contributed by atoms with E-state index < -0.39 is 9.84 Å². The second-order valence-electron chi connectivity index (χ2n) is 8.87. The van der Waals surface area contributed by atoms with Gasteiger partial charge >= 0.3 is 0 Å². The standard InChI is InChI=1S/C24H24N6O3S2/c31-24(22-14-34-23(27-22)13-30-6-8-35(32,33)9-7-30)28-20-10-15(11-21-18(20)12-26-29-21)16-2-1-3-19-17(16)4-5-25-19/h1-3,10-12,14,25H,4-9,13H2,(H,26,29)(H,28,31). The molecule has 6 rings (SSSR count). The van der Waals surface area contributed by atoms with Gasteiger partial charge in [0.1, 0.15) is 10.7 Å². The van der Waals surface area contributed by atoms with Crippen molar-refractivity contribution in [3.8, 4) is 11.1 Å². The largest absolute Gasteiger partial charge is 0.384 e. The Morgan fingerprint density at radius 2 is 2.06 bits per heavy atom. The molecule has 9 nitrogen and oxygen atoms in total. The molecule has 4 aromatic rings. The third-order valence-electron chi connectivity index (χ3n) is 6.56. The number of carbonyl (C=O) groups excluding carboxylic acids is 1. The summed E-state index contributed by atoms with van der Waals surface area (Å²) in [6.45, 7) is 2.45. The molecule has 2 aromatic carbocycles. The minimum Gasteiger partial charge on any atom is -0.384 e. The number of H-pyrrole nitrogens is 1. The maximum atomic E-state index is 13.1. The number of nitrogens with zero attached hydrogens (tertiary/aromatic N) is 3. The molecule has 2 aromatic heterocycles. The van der Waals surface area contributed by atoms with Crippen LogP contribution >= 0.6 is 11.3 Å². The molecule has 35 heavy (non-hydrogen) atoms. The second-order valence-corrected chi connectivity index (χ2v) is 12.1. The van der Waals surface area contributed by atoms with Crippen LogP contribution in [-0.4, -0.2) is 65.5 Å². The molecule has 1 amide bonds. The van der Waals surface area contributed by atoms with Gasteiger partial charge in [-0.25, -0.2) is 13.4 Å². The van der Waals surface area contributed by atoms with Gasteiger partial charge in [0.25, 0.3) is 5.91 Å². The van der Waals surface area contributed by atoms with E-state index in [1.165, 1.54) is 16.9 Å².